The lowest BCUT2D eigenvalue weighted by Crippen LogP contribution is -2.01. The Morgan fingerprint density at radius 2 is 2.43 bits per heavy atom. The quantitative estimate of drug-likeness (QED) is 0.785. The minimum atomic E-state index is -0.418. The molecule has 2 heterocycles. The highest BCUT2D eigenvalue weighted by Crippen LogP contribution is 2.19. The maximum Gasteiger partial charge on any atom is 0.339 e. The summed E-state index contributed by atoms with van der Waals surface area (Å²) < 4.78 is 5.26. The summed E-state index contributed by atoms with van der Waals surface area (Å²) in [6.07, 6.45) is 1.45. The summed E-state index contributed by atoms with van der Waals surface area (Å²) in [5.74, 6) is -0.418. The van der Waals surface area contributed by atoms with Gasteiger partial charge in [0.2, 0.25) is 0 Å². The monoisotopic (exact) mass is 255 g/mol. The van der Waals surface area contributed by atoms with Crippen LogP contribution in [0.5, 0.6) is 0 Å². The van der Waals surface area contributed by atoms with Crippen molar-refractivity contribution in [2.75, 3.05) is 7.11 Å². The van der Waals surface area contributed by atoms with Crippen molar-refractivity contribution in [1.82, 2.24) is 15.2 Å². The average molecular weight is 256 g/mol. The molecule has 14 heavy (non-hydrogen) atoms. The molecule has 0 saturated carbocycles. The molecule has 0 atom stereocenters. The first kappa shape index (κ1) is 9.14. The number of pyridine rings is 1. The Balaban J connectivity index is 2.57. The van der Waals surface area contributed by atoms with Crippen molar-refractivity contribution in [3.8, 4) is 0 Å². The zero-order valence-corrected chi connectivity index (χ0v) is 8.83. The van der Waals surface area contributed by atoms with Gasteiger partial charge in [0.25, 0.3) is 0 Å². The molecule has 0 saturated heterocycles. The minimum Gasteiger partial charge on any atom is -0.465 e. The van der Waals surface area contributed by atoms with Crippen LogP contribution in [0.2, 0.25) is 0 Å². The van der Waals surface area contributed by atoms with Gasteiger partial charge in [0.15, 0.2) is 0 Å². The molecule has 0 unspecified atom stereocenters. The highest BCUT2D eigenvalue weighted by molar-refractivity contribution is 9.10. The molecule has 2 aromatic heterocycles. The topological polar surface area (TPSA) is 67.9 Å². The van der Waals surface area contributed by atoms with Crippen LogP contribution in [0.1, 0.15) is 10.4 Å². The molecule has 0 aliphatic heterocycles. The predicted octanol–water partition coefficient (Wildman–Crippen LogP) is 1.51. The van der Waals surface area contributed by atoms with Gasteiger partial charge in [-0.25, -0.2) is 4.79 Å². The number of esters is 1. The van der Waals surface area contributed by atoms with Gasteiger partial charge in [-0.2, -0.15) is 5.10 Å². The molecule has 0 aliphatic rings. The second-order valence-corrected chi connectivity index (χ2v) is 3.41. The van der Waals surface area contributed by atoms with Crippen molar-refractivity contribution in [3.63, 3.8) is 0 Å². The van der Waals surface area contributed by atoms with E-state index in [0.29, 0.717) is 21.2 Å². The smallest absolute Gasteiger partial charge is 0.339 e. The third-order valence-electron chi connectivity index (χ3n) is 1.77. The molecular weight excluding hydrogens is 250 g/mol. The van der Waals surface area contributed by atoms with Gasteiger partial charge in [0.1, 0.15) is 15.6 Å². The van der Waals surface area contributed by atoms with E-state index < -0.39 is 5.97 Å². The maximum absolute atomic E-state index is 11.2. The van der Waals surface area contributed by atoms with E-state index in [1.54, 1.807) is 6.07 Å². The molecule has 2 aromatic rings. The van der Waals surface area contributed by atoms with Gasteiger partial charge >= 0.3 is 5.97 Å². The summed E-state index contributed by atoms with van der Waals surface area (Å²) in [5.41, 5.74) is 1.71. The van der Waals surface area contributed by atoms with Crippen LogP contribution in [0.15, 0.2) is 16.9 Å². The number of hydrogen-bond donors (Lipinski definition) is 1. The highest BCUT2D eigenvalue weighted by atomic mass is 79.9. The average Bonchev–Trinajstić information content (AvgIpc) is 2.59. The largest absolute Gasteiger partial charge is 0.465 e. The second-order valence-electron chi connectivity index (χ2n) is 2.62. The van der Waals surface area contributed by atoms with E-state index >= 15 is 0 Å². The van der Waals surface area contributed by atoms with Crippen molar-refractivity contribution in [2.45, 2.75) is 0 Å². The number of nitrogens with zero attached hydrogens (tertiary/aromatic N) is 2. The molecular formula is C8H6BrN3O2. The number of ether oxygens (including phenoxy) is 1. The van der Waals surface area contributed by atoms with Crippen molar-refractivity contribution < 1.29 is 9.53 Å². The lowest BCUT2D eigenvalue weighted by atomic mass is 10.2. The second kappa shape index (κ2) is 3.38. The lowest BCUT2D eigenvalue weighted by Gasteiger charge is -1.96. The van der Waals surface area contributed by atoms with Gasteiger partial charge in [-0.1, -0.05) is 0 Å². The highest BCUT2D eigenvalue weighted by Gasteiger charge is 2.10. The molecule has 72 valence electrons. The van der Waals surface area contributed by atoms with Crippen LogP contribution >= 0.6 is 15.9 Å². The van der Waals surface area contributed by atoms with E-state index in [0.717, 1.165) is 0 Å². The summed E-state index contributed by atoms with van der Waals surface area (Å²) in [6, 6.07) is 1.62. The minimum absolute atomic E-state index is 0.388. The van der Waals surface area contributed by atoms with Crippen molar-refractivity contribution >= 4 is 32.9 Å². The summed E-state index contributed by atoms with van der Waals surface area (Å²) in [7, 11) is 1.33. The van der Waals surface area contributed by atoms with E-state index in [9.17, 15) is 4.79 Å². The first-order valence-corrected chi connectivity index (χ1v) is 4.59. The number of rotatable bonds is 1. The van der Waals surface area contributed by atoms with E-state index in [1.807, 2.05) is 0 Å². The number of H-pyrrole nitrogens is 1. The van der Waals surface area contributed by atoms with Gasteiger partial charge in [0, 0.05) is 6.20 Å². The van der Waals surface area contributed by atoms with Crippen LogP contribution < -0.4 is 0 Å². The number of hydrogen-bond acceptors (Lipinski definition) is 4. The van der Waals surface area contributed by atoms with Gasteiger partial charge in [-0.3, -0.25) is 10.1 Å². The van der Waals surface area contributed by atoms with Crippen LogP contribution in [0.25, 0.3) is 11.0 Å². The summed E-state index contributed by atoms with van der Waals surface area (Å²) in [6.45, 7) is 0. The van der Waals surface area contributed by atoms with Gasteiger partial charge in [0.05, 0.1) is 12.7 Å². The first-order chi connectivity index (χ1) is 6.72. The molecule has 6 heteroatoms. The Labute approximate surface area is 87.6 Å². The number of fused-ring (bicyclic) bond motifs is 1. The molecule has 0 spiro atoms. The molecule has 0 fully saturated rings. The van der Waals surface area contributed by atoms with Crippen LogP contribution in [0.4, 0.5) is 0 Å². The normalized spacial score (nSPS) is 10.4. The van der Waals surface area contributed by atoms with E-state index in [2.05, 4.69) is 35.8 Å². The first-order valence-electron chi connectivity index (χ1n) is 3.80. The SMILES string of the molecule is COC(=O)c1cnc2c(Br)[nH]nc2c1. The Kier molecular flexibility index (Phi) is 2.20. The van der Waals surface area contributed by atoms with Crippen molar-refractivity contribution in [3.05, 3.63) is 22.4 Å². The van der Waals surface area contributed by atoms with Crippen molar-refractivity contribution in [1.29, 1.82) is 0 Å². The predicted molar refractivity (Wildman–Crippen MR) is 52.9 cm³/mol. The van der Waals surface area contributed by atoms with E-state index in [1.165, 1.54) is 13.3 Å². The van der Waals surface area contributed by atoms with Gasteiger partial charge < -0.3 is 4.74 Å². The van der Waals surface area contributed by atoms with E-state index in [4.69, 9.17) is 0 Å². The number of nitrogens with one attached hydrogen (secondary N) is 1. The number of aromatic amines is 1. The summed E-state index contributed by atoms with van der Waals surface area (Å²) >= 11 is 3.25. The summed E-state index contributed by atoms with van der Waals surface area (Å²) in [4.78, 5) is 15.2. The molecule has 0 aromatic carbocycles. The number of halogens is 1. The van der Waals surface area contributed by atoms with Crippen molar-refractivity contribution in [2.24, 2.45) is 0 Å². The number of methoxy groups -OCH3 is 1. The fraction of sp³-hybridized carbons (Fsp3) is 0.125. The molecule has 0 amide bonds. The Morgan fingerprint density at radius 3 is 3.14 bits per heavy atom. The summed E-state index contributed by atoms with van der Waals surface area (Å²) in [5, 5.41) is 6.67. The zero-order valence-electron chi connectivity index (χ0n) is 7.24. The third kappa shape index (κ3) is 1.37. The maximum atomic E-state index is 11.2. The number of aromatic nitrogens is 3. The Morgan fingerprint density at radius 1 is 1.64 bits per heavy atom. The lowest BCUT2D eigenvalue weighted by molar-refractivity contribution is 0.0600. The Bertz CT molecular complexity index is 494. The van der Waals surface area contributed by atoms with Crippen LogP contribution in [-0.2, 0) is 4.74 Å². The van der Waals surface area contributed by atoms with Gasteiger partial charge in [-0.15, -0.1) is 0 Å². The van der Waals surface area contributed by atoms with Crippen LogP contribution in [-0.4, -0.2) is 28.3 Å². The number of carbonyl (C=O) groups excluding carboxylic acids is 1. The third-order valence-corrected chi connectivity index (χ3v) is 2.32. The molecule has 0 aliphatic carbocycles. The molecule has 0 radical (unpaired) electrons. The Hall–Kier alpha value is -1.43. The van der Waals surface area contributed by atoms with E-state index in [-0.39, 0.29) is 0 Å². The fourth-order valence-electron chi connectivity index (χ4n) is 1.10. The standard InChI is InChI=1S/C8H6BrN3O2/c1-14-8(13)4-2-5-6(10-3-4)7(9)12-11-5/h2-3H,1H3,(H,11,12). The van der Waals surface area contributed by atoms with Crippen LogP contribution in [0, 0.1) is 0 Å². The fourth-order valence-corrected chi connectivity index (χ4v) is 1.49. The number of carbonyl (C=O) groups is 1. The molecule has 0 bridgehead atoms. The molecule has 1 N–H and O–H groups in total. The molecule has 2 rings (SSSR count). The molecule has 5 nitrogen and oxygen atoms in total. The zero-order chi connectivity index (χ0) is 10.1. The van der Waals surface area contributed by atoms with Crippen LogP contribution in [0.3, 0.4) is 0 Å². The van der Waals surface area contributed by atoms with Gasteiger partial charge in [-0.05, 0) is 22.0 Å².